The molecule has 114 valence electrons. The number of benzene rings is 1. The van der Waals surface area contributed by atoms with E-state index >= 15 is 0 Å². The lowest BCUT2D eigenvalue weighted by atomic mass is 10.2. The fourth-order valence-corrected chi connectivity index (χ4v) is 4.96. The van der Waals surface area contributed by atoms with Gasteiger partial charge in [-0.2, -0.15) is 0 Å². The Morgan fingerprint density at radius 3 is 2.52 bits per heavy atom. The smallest absolute Gasteiger partial charge is 0.242 e. The van der Waals surface area contributed by atoms with Crippen molar-refractivity contribution < 1.29 is 8.42 Å². The molecular formula is C14H17BrN2O2S2. The van der Waals surface area contributed by atoms with Crippen LogP contribution in [0.15, 0.2) is 39.7 Å². The van der Waals surface area contributed by atoms with Gasteiger partial charge in [0.25, 0.3) is 0 Å². The standard InChI is InChI=1S/C14H17BrN2O2S2/c1-2-11-4-5-12(20-11)9-17-21(18,19)14-6-3-10(8-16)7-13(14)15/h3-7,17H,2,8-9,16H2,1H3. The van der Waals surface area contributed by atoms with Gasteiger partial charge in [-0.3, -0.25) is 0 Å². The number of thiophene rings is 1. The van der Waals surface area contributed by atoms with Gasteiger partial charge in [0.05, 0.1) is 4.90 Å². The second-order valence-corrected chi connectivity index (χ2v) is 8.36. The van der Waals surface area contributed by atoms with Crippen LogP contribution in [0.4, 0.5) is 0 Å². The van der Waals surface area contributed by atoms with E-state index in [1.807, 2.05) is 12.1 Å². The molecule has 0 aliphatic rings. The fraction of sp³-hybridized carbons (Fsp3) is 0.286. The van der Waals surface area contributed by atoms with Crippen molar-refractivity contribution >= 4 is 37.3 Å². The molecule has 21 heavy (non-hydrogen) atoms. The number of aryl methyl sites for hydroxylation is 1. The average molecular weight is 389 g/mol. The molecule has 0 saturated carbocycles. The van der Waals surface area contributed by atoms with Crippen LogP contribution in [-0.4, -0.2) is 8.42 Å². The van der Waals surface area contributed by atoms with Crippen LogP contribution in [-0.2, 0) is 29.5 Å². The zero-order chi connectivity index (χ0) is 15.5. The van der Waals surface area contributed by atoms with Crippen LogP contribution in [0, 0.1) is 0 Å². The largest absolute Gasteiger partial charge is 0.326 e. The minimum atomic E-state index is -3.54. The Balaban J connectivity index is 2.14. The SMILES string of the molecule is CCc1ccc(CNS(=O)(=O)c2ccc(CN)cc2Br)s1. The molecule has 1 aromatic carbocycles. The lowest BCUT2D eigenvalue weighted by molar-refractivity contribution is 0.581. The molecule has 4 nitrogen and oxygen atoms in total. The summed E-state index contributed by atoms with van der Waals surface area (Å²) in [6, 6.07) is 9.01. The average Bonchev–Trinajstić information content (AvgIpc) is 2.93. The third kappa shape index (κ3) is 4.14. The lowest BCUT2D eigenvalue weighted by Crippen LogP contribution is -2.23. The van der Waals surface area contributed by atoms with Gasteiger partial charge in [-0.15, -0.1) is 11.3 Å². The summed E-state index contributed by atoms with van der Waals surface area (Å²) < 4.78 is 27.8. The topological polar surface area (TPSA) is 72.2 Å². The van der Waals surface area contributed by atoms with Crippen molar-refractivity contribution in [2.45, 2.75) is 31.3 Å². The van der Waals surface area contributed by atoms with E-state index in [2.05, 4.69) is 27.6 Å². The Morgan fingerprint density at radius 1 is 1.24 bits per heavy atom. The summed E-state index contributed by atoms with van der Waals surface area (Å²) in [4.78, 5) is 2.48. The molecule has 0 unspecified atom stereocenters. The molecule has 7 heteroatoms. The monoisotopic (exact) mass is 388 g/mol. The molecule has 2 aromatic rings. The minimum absolute atomic E-state index is 0.229. The van der Waals surface area contributed by atoms with Crippen LogP contribution in [0.2, 0.25) is 0 Å². The van der Waals surface area contributed by atoms with Crippen LogP contribution >= 0.6 is 27.3 Å². The van der Waals surface area contributed by atoms with Crippen LogP contribution in [0.3, 0.4) is 0 Å². The molecule has 0 spiro atoms. The first kappa shape index (κ1) is 16.6. The maximum Gasteiger partial charge on any atom is 0.242 e. The summed E-state index contributed by atoms with van der Waals surface area (Å²) in [6.45, 7) is 2.76. The highest BCUT2D eigenvalue weighted by molar-refractivity contribution is 9.10. The molecule has 0 saturated heterocycles. The second kappa shape index (κ2) is 7.02. The fourth-order valence-electron chi connectivity index (χ4n) is 1.84. The Bertz CT molecular complexity index is 726. The summed E-state index contributed by atoms with van der Waals surface area (Å²) in [5.74, 6) is 0. The van der Waals surface area contributed by atoms with Gasteiger partial charge in [0.15, 0.2) is 0 Å². The molecule has 0 radical (unpaired) electrons. The van der Waals surface area contributed by atoms with Crippen molar-refractivity contribution in [3.8, 4) is 0 Å². The van der Waals surface area contributed by atoms with Crippen molar-refractivity contribution in [3.63, 3.8) is 0 Å². The Labute approximate surface area is 137 Å². The number of halogens is 1. The maximum absolute atomic E-state index is 12.3. The molecule has 0 aliphatic heterocycles. The molecule has 0 bridgehead atoms. The molecule has 0 atom stereocenters. The highest BCUT2D eigenvalue weighted by Gasteiger charge is 2.17. The van der Waals surface area contributed by atoms with Gasteiger partial charge in [0.2, 0.25) is 10.0 Å². The molecule has 0 fully saturated rings. The summed E-state index contributed by atoms with van der Waals surface area (Å²) in [5, 5.41) is 0. The first-order valence-electron chi connectivity index (χ1n) is 6.52. The number of rotatable bonds is 6. The van der Waals surface area contributed by atoms with E-state index in [-0.39, 0.29) is 4.90 Å². The number of hydrogen-bond donors (Lipinski definition) is 2. The van der Waals surface area contributed by atoms with Crippen LogP contribution in [0.25, 0.3) is 0 Å². The van der Waals surface area contributed by atoms with Gasteiger partial charge in [-0.1, -0.05) is 13.0 Å². The Kier molecular flexibility index (Phi) is 5.56. The predicted molar refractivity (Wildman–Crippen MR) is 89.8 cm³/mol. The van der Waals surface area contributed by atoms with Crippen LogP contribution in [0.1, 0.15) is 22.2 Å². The van der Waals surface area contributed by atoms with Crippen LogP contribution in [0.5, 0.6) is 0 Å². The van der Waals surface area contributed by atoms with E-state index < -0.39 is 10.0 Å². The summed E-state index contributed by atoms with van der Waals surface area (Å²) in [5.41, 5.74) is 6.42. The number of nitrogens with two attached hydrogens (primary N) is 1. The van der Waals surface area contributed by atoms with Gasteiger partial charge >= 0.3 is 0 Å². The van der Waals surface area contributed by atoms with E-state index in [1.165, 1.54) is 4.88 Å². The van der Waals surface area contributed by atoms with Gasteiger partial charge in [0, 0.05) is 27.3 Å². The molecule has 0 amide bonds. The van der Waals surface area contributed by atoms with Gasteiger partial charge in [-0.25, -0.2) is 13.1 Å². The quantitative estimate of drug-likeness (QED) is 0.798. The number of nitrogens with one attached hydrogen (secondary N) is 1. The Hall–Kier alpha value is -0.730. The maximum atomic E-state index is 12.3. The Morgan fingerprint density at radius 2 is 1.95 bits per heavy atom. The van der Waals surface area contributed by atoms with Gasteiger partial charge in [0.1, 0.15) is 0 Å². The highest BCUT2D eigenvalue weighted by Crippen LogP contribution is 2.24. The van der Waals surface area contributed by atoms with E-state index in [9.17, 15) is 8.42 Å². The third-order valence-corrected chi connectivity index (χ3v) is 6.63. The predicted octanol–water partition coefficient (Wildman–Crippen LogP) is 3.01. The minimum Gasteiger partial charge on any atom is -0.326 e. The van der Waals surface area contributed by atoms with Gasteiger partial charge < -0.3 is 5.73 Å². The molecule has 0 aliphatic carbocycles. The molecular weight excluding hydrogens is 372 g/mol. The van der Waals surface area contributed by atoms with Crippen molar-refractivity contribution in [2.24, 2.45) is 5.73 Å². The normalized spacial score (nSPS) is 11.8. The van der Waals surface area contributed by atoms with E-state index in [0.29, 0.717) is 17.6 Å². The van der Waals surface area contributed by atoms with Crippen LogP contribution < -0.4 is 10.5 Å². The second-order valence-electron chi connectivity index (χ2n) is 4.52. The lowest BCUT2D eigenvalue weighted by Gasteiger charge is -2.09. The van der Waals surface area contributed by atoms with E-state index in [0.717, 1.165) is 16.9 Å². The number of hydrogen-bond acceptors (Lipinski definition) is 4. The summed E-state index contributed by atoms with van der Waals surface area (Å²) in [7, 11) is -3.54. The van der Waals surface area contributed by atoms with Crippen molar-refractivity contribution in [3.05, 3.63) is 50.1 Å². The van der Waals surface area contributed by atoms with Crippen molar-refractivity contribution in [2.75, 3.05) is 0 Å². The van der Waals surface area contributed by atoms with Gasteiger partial charge in [-0.05, 0) is 52.2 Å². The zero-order valence-corrected chi connectivity index (χ0v) is 14.8. The summed E-state index contributed by atoms with van der Waals surface area (Å²) >= 11 is 4.92. The zero-order valence-electron chi connectivity index (χ0n) is 11.6. The molecule has 1 heterocycles. The summed E-state index contributed by atoms with van der Waals surface area (Å²) in [6.07, 6.45) is 0.962. The van der Waals surface area contributed by atoms with Crippen molar-refractivity contribution in [1.82, 2.24) is 4.72 Å². The molecule has 1 aromatic heterocycles. The van der Waals surface area contributed by atoms with Crippen molar-refractivity contribution in [1.29, 1.82) is 0 Å². The van der Waals surface area contributed by atoms with E-state index in [4.69, 9.17) is 5.73 Å². The highest BCUT2D eigenvalue weighted by atomic mass is 79.9. The first-order valence-corrected chi connectivity index (χ1v) is 9.61. The number of sulfonamides is 1. The molecule has 3 N–H and O–H groups in total. The molecule has 2 rings (SSSR count). The van der Waals surface area contributed by atoms with E-state index in [1.54, 1.807) is 29.5 Å². The third-order valence-electron chi connectivity index (χ3n) is 3.02. The first-order chi connectivity index (χ1) is 9.96.